The fourth-order valence-corrected chi connectivity index (χ4v) is 2.13. The molecule has 3 heteroatoms. The van der Waals surface area contributed by atoms with Gasteiger partial charge in [0.25, 0.3) is 0 Å². The molecule has 0 aromatic heterocycles. The summed E-state index contributed by atoms with van der Waals surface area (Å²) in [6.07, 6.45) is 3.39. The lowest BCUT2D eigenvalue weighted by molar-refractivity contribution is -0.0850. The second kappa shape index (κ2) is 8.31. The summed E-state index contributed by atoms with van der Waals surface area (Å²) in [6.45, 7) is 23.0. The molecule has 140 valence electrons. The van der Waals surface area contributed by atoms with E-state index in [0.29, 0.717) is 18.6 Å². The maximum atomic E-state index is 6.40. The average molecular weight is 330 g/mol. The molecular weight excluding hydrogens is 286 g/mol. The van der Waals surface area contributed by atoms with Gasteiger partial charge in [0.05, 0.1) is 30.5 Å². The highest BCUT2D eigenvalue weighted by atomic mass is 16.5. The van der Waals surface area contributed by atoms with Crippen molar-refractivity contribution in [2.24, 2.45) is 16.6 Å². The Balaban J connectivity index is 4.59. The van der Waals surface area contributed by atoms with Crippen LogP contribution in [0.25, 0.3) is 0 Å². The number of hydrogen-bond acceptors (Lipinski definition) is 3. The van der Waals surface area contributed by atoms with Crippen LogP contribution in [0.3, 0.4) is 0 Å². The first kappa shape index (κ1) is 22.9. The first-order chi connectivity index (χ1) is 10.1. The monoisotopic (exact) mass is 329 g/mol. The van der Waals surface area contributed by atoms with E-state index in [1.807, 2.05) is 6.92 Å². The van der Waals surface area contributed by atoms with Gasteiger partial charge in [-0.15, -0.1) is 0 Å². The summed E-state index contributed by atoms with van der Waals surface area (Å²) in [5.41, 5.74) is 6.26. The van der Waals surface area contributed by atoms with Crippen LogP contribution < -0.4 is 5.73 Å². The lowest BCUT2D eigenvalue weighted by Gasteiger charge is -2.36. The first-order valence-electron chi connectivity index (χ1n) is 9.12. The molecule has 23 heavy (non-hydrogen) atoms. The zero-order chi connectivity index (χ0) is 18.5. The quantitative estimate of drug-likeness (QED) is 0.635. The molecule has 0 saturated carbocycles. The molecule has 0 aliphatic rings. The van der Waals surface area contributed by atoms with Gasteiger partial charge in [-0.2, -0.15) is 0 Å². The van der Waals surface area contributed by atoms with Crippen molar-refractivity contribution in [3.05, 3.63) is 0 Å². The second-order valence-electron chi connectivity index (χ2n) is 10.3. The van der Waals surface area contributed by atoms with E-state index in [-0.39, 0.29) is 17.1 Å². The van der Waals surface area contributed by atoms with Gasteiger partial charge in [-0.25, -0.2) is 0 Å². The number of hydrogen-bond donors (Lipinski definition) is 1. The fraction of sp³-hybridized carbons (Fsp3) is 1.00. The Morgan fingerprint density at radius 2 is 1.39 bits per heavy atom. The smallest absolute Gasteiger partial charge is 0.0673 e. The number of rotatable bonds is 9. The summed E-state index contributed by atoms with van der Waals surface area (Å²) in [7, 11) is 0. The van der Waals surface area contributed by atoms with Crippen LogP contribution >= 0.6 is 0 Å². The van der Waals surface area contributed by atoms with E-state index in [0.717, 1.165) is 19.3 Å². The van der Waals surface area contributed by atoms with E-state index in [2.05, 4.69) is 62.3 Å². The van der Waals surface area contributed by atoms with Gasteiger partial charge in [0.2, 0.25) is 0 Å². The Morgan fingerprint density at radius 1 is 0.870 bits per heavy atom. The Morgan fingerprint density at radius 3 is 1.78 bits per heavy atom. The van der Waals surface area contributed by atoms with E-state index in [1.54, 1.807) is 0 Å². The van der Waals surface area contributed by atoms with Crippen LogP contribution in [0.1, 0.15) is 88.5 Å². The van der Waals surface area contributed by atoms with Crippen LogP contribution in [-0.2, 0) is 9.47 Å². The maximum Gasteiger partial charge on any atom is 0.0673 e. The minimum Gasteiger partial charge on any atom is -0.376 e. The second-order valence-corrected chi connectivity index (χ2v) is 10.3. The molecule has 3 nitrogen and oxygen atoms in total. The zero-order valence-corrected chi connectivity index (χ0v) is 17.5. The third kappa shape index (κ3) is 11.1. The van der Waals surface area contributed by atoms with Crippen molar-refractivity contribution in [1.82, 2.24) is 0 Å². The van der Waals surface area contributed by atoms with Crippen molar-refractivity contribution in [2.45, 2.75) is 106 Å². The third-order valence-corrected chi connectivity index (χ3v) is 4.38. The molecule has 2 unspecified atom stereocenters. The summed E-state index contributed by atoms with van der Waals surface area (Å²) in [4.78, 5) is 0. The average Bonchev–Trinajstić information content (AvgIpc) is 2.33. The van der Waals surface area contributed by atoms with Crippen LogP contribution in [0, 0.1) is 10.8 Å². The Hall–Kier alpha value is -0.120. The van der Waals surface area contributed by atoms with Crippen LogP contribution in [-0.4, -0.2) is 30.5 Å². The van der Waals surface area contributed by atoms with Crippen LogP contribution in [0.15, 0.2) is 0 Å². The number of ether oxygens (including phenoxy) is 2. The Labute approximate surface area is 145 Å². The topological polar surface area (TPSA) is 44.5 Å². The van der Waals surface area contributed by atoms with Gasteiger partial charge in [0.15, 0.2) is 0 Å². The Bertz CT molecular complexity index is 335. The predicted octanol–water partition coefficient (Wildman–Crippen LogP) is 5.17. The molecule has 0 radical (unpaired) electrons. The van der Waals surface area contributed by atoms with Crippen LogP contribution in [0.2, 0.25) is 0 Å². The number of nitrogens with two attached hydrogens (primary N) is 1. The molecule has 0 spiro atoms. The van der Waals surface area contributed by atoms with Crippen molar-refractivity contribution in [3.8, 4) is 0 Å². The van der Waals surface area contributed by atoms with Gasteiger partial charge in [-0.05, 0) is 50.9 Å². The van der Waals surface area contributed by atoms with Gasteiger partial charge in [-0.1, -0.05) is 48.5 Å². The van der Waals surface area contributed by atoms with E-state index in [1.165, 1.54) is 0 Å². The van der Waals surface area contributed by atoms with E-state index >= 15 is 0 Å². The van der Waals surface area contributed by atoms with Gasteiger partial charge >= 0.3 is 0 Å². The van der Waals surface area contributed by atoms with E-state index in [9.17, 15) is 0 Å². The van der Waals surface area contributed by atoms with Crippen LogP contribution in [0.4, 0.5) is 0 Å². The van der Waals surface area contributed by atoms with Gasteiger partial charge < -0.3 is 15.2 Å². The fourth-order valence-electron chi connectivity index (χ4n) is 2.13. The molecule has 0 aliphatic carbocycles. The molecule has 2 N–H and O–H groups in total. The third-order valence-electron chi connectivity index (χ3n) is 4.38. The van der Waals surface area contributed by atoms with Gasteiger partial charge in [-0.3, -0.25) is 0 Å². The molecule has 0 aromatic carbocycles. The van der Waals surface area contributed by atoms with Gasteiger partial charge in [0, 0.05) is 0 Å². The highest BCUT2D eigenvalue weighted by molar-refractivity contribution is 4.83. The van der Waals surface area contributed by atoms with E-state index in [4.69, 9.17) is 15.2 Å². The molecule has 0 bridgehead atoms. The molecule has 0 aromatic rings. The molecule has 0 aliphatic heterocycles. The molecule has 0 amide bonds. The van der Waals surface area contributed by atoms with Crippen molar-refractivity contribution in [1.29, 1.82) is 0 Å². The normalized spacial score (nSPS) is 17.9. The predicted molar refractivity (Wildman–Crippen MR) is 101 cm³/mol. The summed E-state index contributed by atoms with van der Waals surface area (Å²) < 4.78 is 12.2. The minimum absolute atomic E-state index is 0.116. The standard InChI is InChI=1S/C20H43NO2/c1-11-19(8,9)23-15-20(10,21)14-22-16(18(5,6)7)12-13-17(2,3)4/h16H,11-15,21H2,1-10H3. The molecule has 0 saturated heterocycles. The highest BCUT2D eigenvalue weighted by Crippen LogP contribution is 2.31. The van der Waals surface area contributed by atoms with Crippen molar-refractivity contribution in [2.75, 3.05) is 13.2 Å². The molecule has 0 rings (SSSR count). The molecule has 0 fully saturated rings. The summed E-state index contributed by atoms with van der Waals surface area (Å²) >= 11 is 0. The van der Waals surface area contributed by atoms with Crippen molar-refractivity contribution >= 4 is 0 Å². The summed E-state index contributed by atoms with van der Waals surface area (Å²) in [5, 5.41) is 0. The van der Waals surface area contributed by atoms with Crippen LogP contribution in [0.5, 0.6) is 0 Å². The first-order valence-corrected chi connectivity index (χ1v) is 9.12. The minimum atomic E-state index is -0.461. The van der Waals surface area contributed by atoms with E-state index < -0.39 is 5.54 Å². The zero-order valence-electron chi connectivity index (χ0n) is 17.5. The summed E-state index contributed by atoms with van der Waals surface area (Å²) in [6, 6.07) is 0. The van der Waals surface area contributed by atoms with Crippen molar-refractivity contribution < 1.29 is 9.47 Å². The molecule has 2 atom stereocenters. The summed E-state index contributed by atoms with van der Waals surface area (Å²) in [5.74, 6) is 0. The molecular formula is C20H43NO2. The maximum absolute atomic E-state index is 6.40. The largest absolute Gasteiger partial charge is 0.376 e. The van der Waals surface area contributed by atoms with Crippen molar-refractivity contribution in [3.63, 3.8) is 0 Å². The SMILES string of the molecule is CCC(C)(C)OCC(C)(N)COC(CCC(C)(C)C)C(C)(C)C. The lowest BCUT2D eigenvalue weighted by Crippen LogP contribution is -2.49. The van der Waals surface area contributed by atoms with Gasteiger partial charge in [0.1, 0.15) is 0 Å². The molecule has 0 heterocycles. The lowest BCUT2D eigenvalue weighted by atomic mass is 9.81. The highest BCUT2D eigenvalue weighted by Gasteiger charge is 2.31. The Kier molecular flexibility index (Phi) is 8.27.